The van der Waals surface area contributed by atoms with E-state index in [0.717, 1.165) is 29.5 Å². The third kappa shape index (κ3) is 14.2. The summed E-state index contributed by atoms with van der Waals surface area (Å²) < 4.78 is 0.679. The van der Waals surface area contributed by atoms with Crippen molar-refractivity contribution >= 4 is 103 Å². The van der Waals surface area contributed by atoms with Crippen molar-refractivity contribution in [3.63, 3.8) is 0 Å². The zero-order valence-electron chi connectivity index (χ0n) is 28.7. The van der Waals surface area contributed by atoms with Crippen molar-refractivity contribution in [2.45, 2.75) is 39.7 Å². The SMILES string of the molecule is CNC(=O)c1cc(NC(=O)CCl)c(C)cc1Br.CNC(=O)c1ccc(C)c(NC(=O)CCl)c1.Cc1ccc(C(=O)NC2CC2)cc1NC(=O)CCl. The summed E-state index contributed by atoms with van der Waals surface area (Å²) in [5.74, 6) is -1.72. The van der Waals surface area contributed by atoms with Gasteiger partial charge in [0.1, 0.15) is 17.6 Å². The first-order valence-electron chi connectivity index (χ1n) is 15.5. The highest BCUT2D eigenvalue weighted by Gasteiger charge is 2.24. The highest BCUT2D eigenvalue weighted by molar-refractivity contribution is 9.10. The largest absolute Gasteiger partial charge is 0.355 e. The van der Waals surface area contributed by atoms with Gasteiger partial charge in [-0.05, 0) is 103 Å². The predicted molar refractivity (Wildman–Crippen MR) is 207 cm³/mol. The van der Waals surface area contributed by atoms with E-state index in [1.807, 2.05) is 26.8 Å². The number of hydrogen-bond donors (Lipinski definition) is 6. The van der Waals surface area contributed by atoms with Crippen LogP contribution in [0.3, 0.4) is 0 Å². The molecule has 0 radical (unpaired) electrons. The normalized spacial score (nSPS) is 11.3. The van der Waals surface area contributed by atoms with E-state index < -0.39 is 0 Å². The smallest absolute Gasteiger partial charge is 0.252 e. The van der Waals surface area contributed by atoms with Crippen LogP contribution in [0, 0.1) is 20.8 Å². The van der Waals surface area contributed by atoms with Crippen LogP contribution < -0.4 is 31.9 Å². The number of carbonyl (C=O) groups excluding carboxylic acids is 6. The molecule has 1 aliphatic carbocycles. The molecule has 1 aliphatic rings. The lowest BCUT2D eigenvalue weighted by atomic mass is 10.1. The summed E-state index contributed by atoms with van der Waals surface area (Å²) in [5.41, 5.74) is 5.96. The minimum absolute atomic E-state index is 0.0983. The molecule has 0 spiro atoms. The Labute approximate surface area is 320 Å². The molecule has 0 atom stereocenters. The Balaban J connectivity index is 0.000000266. The number of benzene rings is 3. The van der Waals surface area contributed by atoms with Crippen molar-refractivity contribution in [2.75, 3.05) is 47.7 Å². The summed E-state index contributed by atoms with van der Waals surface area (Å²) in [6, 6.07) is 14.0. The molecule has 6 N–H and O–H groups in total. The van der Waals surface area contributed by atoms with E-state index in [-0.39, 0.29) is 53.1 Å². The number of carbonyl (C=O) groups is 6. The quantitative estimate of drug-likeness (QED) is 0.139. The Hall–Kier alpha value is -4.17. The molecule has 4 rings (SSSR count). The number of aryl methyl sites for hydroxylation is 3. The first-order valence-corrected chi connectivity index (χ1v) is 17.9. The molecule has 0 saturated heterocycles. The fraction of sp³-hybridized carbons (Fsp3) is 0.314. The Morgan fingerprint density at radius 1 is 0.608 bits per heavy atom. The van der Waals surface area contributed by atoms with Crippen LogP contribution in [0.2, 0.25) is 0 Å². The first kappa shape index (κ1) is 43.0. The maximum atomic E-state index is 11.9. The summed E-state index contributed by atoms with van der Waals surface area (Å²) >= 11 is 19.6. The molecule has 0 unspecified atom stereocenters. The van der Waals surface area contributed by atoms with Crippen LogP contribution in [0.25, 0.3) is 0 Å². The second-order valence-electron chi connectivity index (χ2n) is 11.2. The third-order valence-corrected chi connectivity index (χ3v) is 8.50. The van der Waals surface area contributed by atoms with Gasteiger partial charge in [0.15, 0.2) is 0 Å². The number of halogens is 4. The van der Waals surface area contributed by atoms with Crippen molar-refractivity contribution in [2.24, 2.45) is 0 Å². The molecule has 51 heavy (non-hydrogen) atoms. The minimum atomic E-state index is -0.306. The predicted octanol–water partition coefficient (Wildman–Crippen LogP) is 5.89. The Morgan fingerprint density at radius 3 is 1.41 bits per heavy atom. The maximum absolute atomic E-state index is 11.9. The number of anilines is 3. The van der Waals surface area contributed by atoms with Crippen molar-refractivity contribution < 1.29 is 28.8 Å². The number of nitrogens with one attached hydrogen (secondary N) is 6. The van der Waals surface area contributed by atoms with Gasteiger partial charge in [0.05, 0.1) is 5.56 Å². The lowest BCUT2D eigenvalue weighted by molar-refractivity contribution is -0.114. The van der Waals surface area contributed by atoms with Gasteiger partial charge >= 0.3 is 0 Å². The van der Waals surface area contributed by atoms with Crippen molar-refractivity contribution in [3.8, 4) is 0 Å². The molecule has 0 aromatic heterocycles. The van der Waals surface area contributed by atoms with Crippen molar-refractivity contribution in [3.05, 3.63) is 86.4 Å². The molecular formula is C35H40BrCl3N6O6. The van der Waals surface area contributed by atoms with Gasteiger partial charge in [-0.25, -0.2) is 0 Å². The molecule has 1 fully saturated rings. The number of rotatable bonds is 10. The molecule has 0 heterocycles. The van der Waals surface area contributed by atoms with Crippen LogP contribution in [-0.4, -0.2) is 73.2 Å². The average Bonchev–Trinajstić information content (AvgIpc) is 3.94. The average molecular weight is 827 g/mol. The van der Waals surface area contributed by atoms with Gasteiger partial charge in [-0.2, -0.15) is 0 Å². The number of amides is 6. The van der Waals surface area contributed by atoms with Crippen LogP contribution in [0.15, 0.2) is 53.0 Å². The molecule has 274 valence electrons. The molecular weight excluding hydrogens is 787 g/mol. The summed E-state index contributed by atoms with van der Waals surface area (Å²) in [6.45, 7) is 5.55. The topological polar surface area (TPSA) is 175 Å². The maximum Gasteiger partial charge on any atom is 0.252 e. The second-order valence-corrected chi connectivity index (χ2v) is 12.8. The molecule has 0 aliphatic heterocycles. The minimum Gasteiger partial charge on any atom is -0.355 e. The monoisotopic (exact) mass is 824 g/mol. The highest BCUT2D eigenvalue weighted by Crippen LogP contribution is 2.26. The van der Waals surface area contributed by atoms with Gasteiger partial charge in [-0.1, -0.05) is 12.1 Å². The lowest BCUT2D eigenvalue weighted by Crippen LogP contribution is -2.25. The van der Waals surface area contributed by atoms with E-state index in [0.29, 0.717) is 44.3 Å². The molecule has 0 bridgehead atoms. The zero-order valence-corrected chi connectivity index (χ0v) is 32.5. The van der Waals surface area contributed by atoms with Crippen molar-refractivity contribution in [1.82, 2.24) is 16.0 Å². The van der Waals surface area contributed by atoms with Crippen LogP contribution in [0.4, 0.5) is 17.1 Å². The second kappa shape index (κ2) is 21.3. The molecule has 12 nitrogen and oxygen atoms in total. The Bertz CT molecular complexity index is 1770. The summed E-state index contributed by atoms with van der Waals surface area (Å²) in [4.78, 5) is 68.4. The molecule has 3 aromatic rings. The fourth-order valence-electron chi connectivity index (χ4n) is 4.10. The molecule has 1 saturated carbocycles. The van der Waals surface area contributed by atoms with Gasteiger partial charge in [0.25, 0.3) is 17.7 Å². The van der Waals surface area contributed by atoms with Gasteiger partial charge in [-0.3, -0.25) is 28.8 Å². The van der Waals surface area contributed by atoms with Crippen LogP contribution in [0.1, 0.15) is 60.6 Å². The lowest BCUT2D eigenvalue weighted by Gasteiger charge is -2.11. The van der Waals surface area contributed by atoms with Gasteiger partial charge < -0.3 is 31.9 Å². The van der Waals surface area contributed by atoms with E-state index in [1.54, 1.807) is 56.6 Å². The number of alkyl halides is 3. The number of hydrogen-bond acceptors (Lipinski definition) is 6. The van der Waals surface area contributed by atoms with Gasteiger partial charge in [-0.15, -0.1) is 34.8 Å². The standard InChI is InChI=1S/C13H15ClN2O2.C11H12BrClN2O2.C11H13ClN2O2/c1-8-2-3-9(13(18)15-10-4-5-10)6-11(8)16-12(17)7-14;1-6-3-8(12)7(11(17)14-2)4-9(6)15-10(16)5-13;1-7-3-4-8(11(16)13-2)5-9(7)14-10(15)6-12/h2-3,6,10H,4-5,7H2,1H3,(H,15,18)(H,16,17);3-4H,5H2,1-2H3,(H,14,17)(H,15,16);3-5H,6H2,1-2H3,(H,13,16)(H,14,15). The molecule has 3 aromatic carbocycles. The van der Waals surface area contributed by atoms with Gasteiger partial charge in [0, 0.05) is 52.8 Å². The Morgan fingerprint density at radius 2 is 1.02 bits per heavy atom. The summed E-state index contributed by atoms with van der Waals surface area (Å²) in [6.07, 6.45) is 2.10. The van der Waals surface area contributed by atoms with E-state index in [2.05, 4.69) is 47.8 Å². The molecule has 6 amide bonds. The van der Waals surface area contributed by atoms with Gasteiger partial charge in [0.2, 0.25) is 17.7 Å². The van der Waals surface area contributed by atoms with E-state index in [9.17, 15) is 28.8 Å². The van der Waals surface area contributed by atoms with Crippen LogP contribution >= 0.6 is 50.7 Å². The highest BCUT2D eigenvalue weighted by atomic mass is 79.9. The van der Waals surface area contributed by atoms with Crippen molar-refractivity contribution in [1.29, 1.82) is 0 Å². The van der Waals surface area contributed by atoms with E-state index in [4.69, 9.17) is 34.8 Å². The third-order valence-electron chi connectivity index (χ3n) is 7.11. The van der Waals surface area contributed by atoms with E-state index >= 15 is 0 Å². The Kier molecular flexibility index (Phi) is 17.9. The zero-order chi connectivity index (χ0) is 38.2. The first-order chi connectivity index (χ1) is 24.2. The fourth-order valence-corrected chi connectivity index (χ4v) is 4.94. The van der Waals surface area contributed by atoms with Crippen LogP contribution in [-0.2, 0) is 14.4 Å². The van der Waals surface area contributed by atoms with Crippen LogP contribution in [0.5, 0.6) is 0 Å². The van der Waals surface area contributed by atoms with E-state index in [1.165, 1.54) is 0 Å². The summed E-state index contributed by atoms with van der Waals surface area (Å²) in [7, 11) is 3.10. The summed E-state index contributed by atoms with van der Waals surface area (Å²) in [5, 5.41) is 15.9. The molecule has 16 heteroatoms.